The van der Waals surface area contributed by atoms with Crippen LogP contribution in [0, 0.1) is 5.41 Å². The number of halogens is 1. The summed E-state index contributed by atoms with van der Waals surface area (Å²) in [7, 11) is 1.26. The van der Waals surface area contributed by atoms with Gasteiger partial charge in [0, 0.05) is 11.4 Å². The summed E-state index contributed by atoms with van der Waals surface area (Å²) in [5.74, 6) is -1.11. The molecular weight excluding hydrogens is 256 g/mol. The Bertz CT molecular complexity index is 482. The number of ether oxygens (including phenoxy) is 2. The van der Waals surface area contributed by atoms with Gasteiger partial charge in [-0.1, -0.05) is 23.7 Å². The van der Waals surface area contributed by atoms with Crippen LogP contribution in [0.4, 0.5) is 0 Å². The van der Waals surface area contributed by atoms with Gasteiger partial charge in [-0.25, -0.2) is 0 Å². The van der Waals surface area contributed by atoms with Crippen LogP contribution < -0.4 is 0 Å². The summed E-state index contributed by atoms with van der Waals surface area (Å²) >= 11 is 5.79. The number of carbonyl (C=O) groups is 2. The quantitative estimate of drug-likeness (QED) is 0.611. The Labute approximate surface area is 110 Å². The standard InChI is InChI=1S/C13H13ClO4/c1-13(11(15)17-2)7-10(18-12(13)16)8-3-5-9(14)6-4-8/h3-6,10H,7H2,1-2H3/t10-,13+/m0/s1. The zero-order valence-corrected chi connectivity index (χ0v) is 10.9. The number of carbonyl (C=O) groups excluding carboxylic acids is 2. The third-order valence-electron chi connectivity index (χ3n) is 3.17. The number of benzene rings is 1. The lowest BCUT2D eigenvalue weighted by molar-refractivity contribution is -0.162. The summed E-state index contributed by atoms with van der Waals surface area (Å²) < 4.78 is 9.89. The molecule has 2 atom stereocenters. The fraction of sp³-hybridized carbons (Fsp3) is 0.385. The largest absolute Gasteiger partial charge is 0.468 e. The van der Waals surface area contributed by atoms with Crippen molar-refractivity contribution in [1.82, 2.24) is 0 Å². The third-order valence-corrected chi connectivity index (χ3v) is 3.42. The van der Waals surface area contributed by atoms with E-state index in [1.54, 1.807) is 24.3 Å². The van der Waals surface area contributed by atoms with Gasteiger partial charge in [0.25, 0.3) is 0 Å². The molecule has 0 amide bonds. The maximum Gasteiger partial charge on any atom is 0.323 e. The number of cyclic esters (lactones) is 1. The second-order valence-corrected chi connectivity index (χ2v) is 4.91. The van der Waals surface area contributed by atoms with E-state index in [0.29, 0.717) is 5.02 Å². The average Bonchev–Trinajstić information content (AvgIpc) is 2.67. The molecule has 4 nitrogen and oxygen atoms in total. The Morgan fingerprint density at radius 2 is 2.06 bits per heavy atom. The van der Waals surface area contributed by atoms with E-state index in [2.05, 4.69) is 4.74 Å². The molecule has 0 unspecified atom stereocenters. The monoisotopic (exact) mass is 268 g/mol. The molecule has 0 bridgehead atoms. The van der Waals surface area contributed by atoms with Crippen molar-refractivity contribution in [2.24, 2.45) is 5.41 Å². The molecule has 0 aromatic heterocycles. The molecule has 1 heterocycles. The van der Waals surface area contributed by atoms with Gasteiger partial charge in [-0.15, -0.1) is 0 Å². The highest BCUT2D eigenvalue weighted by Crippen LogP contribution is 2.42. The number of hydrogen-bond donors (Lipinski definition) is 0. The van der Waals surface area contributed by atoms with Crippen LogP contribution in [0.1, 0.15) is 25.0 Å². The van der Waals surface area contributed by atoms with Crippen LogP contribution in [0.2, 0.25) is 5.02 Å². The topological polar surface area (TPSA) is 52.6 Å². The van der Waals surface area contributed by atoms with Crippen LogP contribution >= 0.6 is 11.6 Å². The Hall–Kier alpha value is -1.55. The van der Waals surface area contributed by atoms with E-state index in [4.69, 9.17) is 16.3 Å². The van der Waals surface area contributed by atoms with Gasteiger partial charge in [-0.2, -0.15) is 0 Å². The fourth-order valence-corrected chi connectivity index (χ4v) is 2.14. The minimum Gasteiger partial charge on any atom is -0.468 e. The summed E-state index contributed by atoms with van der Waals surface area (Å²) in [6.07, 6.45) is -0.154. The van der Waals surface area contributed by atoms with Crippen LogP contribution in [-0.4, -0.2) is 19.0 Å². The fourth-order valence-electron chi connectivity index (χ4n) is 2.01. The first-order valence-electron chi connectivity index (χ1n) is 5.52. The lowest BCUT2D eigenvalue weighted by Crippen LogP contribution is -2.33. The molecule has 1 fully saturated rings. The zero-order valence-electron chi connectivity index (χ0n) is 10.1. The van der Waals surface area contributed by atoms with Crippen molar-refractivity contribution >= 4 is 23.5 Å². The molecule has 2 rings (SSSR count). The van der Waals surface area contributed by atoms with E-state index in [1.807, 2.05) is 0 Å². The summed E-state index contributed by atoms with van der Waals surface area (Å²) in [6, 6.07) is 7.00. The van der Waals surface area contributed by atoms with Crippen molar-refractivity contribution in [2.45, 2.75) is 19.4 Å². The minimum atomic E-state index is -1.22. The SMILES string of the molecule is COC(=O)[C@@]1(C)C[C@@H](c2ccc(Cl)cc2)OC1=O. The van der Waals surface area contributed by atoms with Gasteiger partial charge in [-0.05, 0) is 24.6 Å². The molecule has 1 aromatic rings. The van der Waals surface area contributed by atoms with Gasteiger partial charge in [0.05, 0.1) is 7.11 Å². The van der Waals surface area contributed by atoms with Gasteiger partial charge in [0.2, 0.25) is 0 Å². The Kier molecular flexibility index (Phi) is 3.30. The minimum absolute atomic E-state index is 0.278. The van der Waals surface area contributed by atoms with Gasteiger partial charge >= 0.3 is 11.9 Å². The van der Waals surface area contributed by atoms with Gasteiger partial charge in [0.15, 0.2) is 5.41 Å². The molecule has 1 aromatic carbocycles. The number of hydrogen-bond acceptors (Lipinski definition) is 4. The van der Waals surface area contributed by atoms with Crippen LogP contribution in [-0.2, 0) is 19.1 Å². The Morgan fingerprint density at radius 1 is 1.44 bits per heavy atom. The van der Waals surface area contributed by atoms with E-state index >= 15 is 0 Å². The molecule has 0 aliphatic carbocycles. The van der Waals surface area contributed by atoms with E-state index in [9.17, 15) is 9.59 Å². The highest BCUT2D eigenvalue weighted by atomic mass is 35.5. The van der Waals surface area contributed by atoms with E-state index in [-0.39, 0.29) is 6.42 Å². The van der Waals surface area contributed by atoms with Crippen molar-refractivity contribution in [1.29, 1.82) is 0 Å². The molecule has 0 spiro atoms. The van der Waals surface area contributed by atoms with Crippen LogP contribution in [0.15, 0.2) is 24.3 Å². The summed E-state index contributed by atoms with van der Waals surface area (Å²) in [6.45, 7) is 1.54. The number of esters is 2. The zero-order chi connectivity index (χ0) is 13.3. The summed E-state index contributed by atoms with van der Waals surface area (Å²) in [5.41, 5.74) is -0.403. The molecule has 18 heavy (non-hydrogen) atoms. The van der Waals surface area contributed by atoms with Gasteiger partial charge in [0.1, 0.15) is 6.10 Å². The molecule has 1 aliphatic heterocycles. The van der Waals surface area contributed by atoms with Crippen molar-refractivity contribution in [3.05, 3.63) is 34.9 Å². The average molecular weight is 269 g/mol. The second-order valence-electron chi connectivity index (χ2n) is 4.47. The Balaban J connectivity index is 2.23. The second kappa shape index (κ2) is 4.61. The van der Waals surface area contributed by atoms with Crippen LogP contribution in [0.25, 0.3) is 0 Å². The third kappa shape index (κ3) is 2.08. The number of rotatable bonds is 2. The molecule has 1 aliphatic rings. The predicted octanol–water partition coefficient (Wildman–Crippen LogP) is 2.51. The first-order valence-corrected chi connectivity index (χ1v) is 5.90. The Morgan fingerprint density at radius 3 is 2.61 bits per heavy atom. The van der Waals surface area contributed by atoms with Crippen molar-refractivity contribution in [3.63, 3.8) is 0 Å². The van der Waals surface area contributed by atoms with Crippen LogP contribution in [0.3, 0.4) is 0 Å². The molecule has 96 valence electrons. The molecule has 5 heteroatoms. The molecular formula is C13H13ClO4. The molecule has 1 saturated heterocycles. The summed E-state index contributed by atoms with van der Waals surface area (Å²) in [5, 5.41) is 0.610. The summed E-state index contributed by atoms with van der Waals surface area (Å²) in [4.78, 5) is 23.4. The lowest BCUT2D eigenvalue weighted by atomic mass is 9.86. The molecule has 0 radical (unpaired) electrons. The smallest absolute Gasteiger partial charge is 0.323 e. The highest BCUT2D eigenvalue weighted by molar-refractivity contribution is 6.30. The maximum absolute atomic E-state index is 11.8. The maximum atomic E-state index is 11.8. The van der Waals surface area contributed by atoms with E-state index in [0.717, 1.165) is 5.56 Å². The molecule has 0 saturated carbocycles. The molecule has 0 N–H and O–H groups in total. The van der Waals surface area contributed by atoms with Crippen LogP contribution in [0.5, 0.6) is 0 Å². The van der Waals surface area contributed by atoms with Crippen molar-refractivity contribution in [2.75, 3.05) is 7.11 Å². The predicted molar refractivity (Wildman–Crippen MR) is 65.0 cm³/mol. The van der Waals surface area contributed by atoms with Gasteiger partial charge < -0.3 is 9.47 Å². The van der Waals surface area contributed by atoms with Gasteiger partial charge in [-0.3, -0.25) is 9.59 Å². The number of methoxy groups -OCH3 is 1. The first kappa shape index (κ1) is 12.9. The first-order chi connectivity index (χ1) is 8.47. The van der Waals surface area contributed by atoms with Crippen molar-refractivity contribution < 1.29 is 19.1 Å². The lowest BCUT2D eigenvalue weighted by Gasteiger charge is -2.15. The van der Waals surface area contributed by atoms with Crippen molar-refractivity contribution in [3.8, 4) is 0 Å². The van der Waals surface area contributed by atoms with E-state index in [1.165, 1.54) is 14.0 Å². The normalized spacial score (nSPS) is 26.8. The van der Waals surface area contributed by atoms with E-state index < -0.39 is 23.5 Å². The highest BCUT2D eigenvalue weighted by Gasteiger charge is 2.52.